The number of hydrogen-bond acceptors (Lipinski definition) is 4. The molecule has 0 bridgehead atoms. The molecule has 2 aromatic carbocycles. The van der Waals surface area contributed by atoms with Gasteiger partial charge in [-0.1, -0.05) is 6.07 Å². The van der Waals surface area contributed by atoms with Crippen molar-refractivity contribution in [3.63, 3.8) is 0 Å². The van der Waals surface area contributed by atoms with E-state index in [1.807, 2.05) is 12.1 Å². The van der Waals surface area contributed by atoms with E-state index in [0.29, 0.717) is 31.1 Å². The molecule has 4 rings (SSSR count). The van der Waals surface area contributed by atoms with Crippen LogP contribution >= 0.6 is 0 Å². The van der Waals surface area contributed by atoms with Gasteiger partial charge in [0.15, 0.2) is 0 Å². The van der Waals surface area contributed by atoms with E-state index in [0.717, 1.165) is 17.8 Å². The molecular formula is C21H16F2N4O2. The molecule has 1 amide bonds. The Balaban J connectivity index is 1.45. The maximum Gasteiger partial charge on any atom is 0.254 e. The molecule has 29 heavy (non-hydrogen) atoms. The monoisotopic (exact) mass is 394 g/mol. The van der Waals surface area contributed by atoms with Crippen LogP contribution in [0.1, 0.15) is 27.3 Å². The lowest BCUT2D eigenvalue weighted by Crippen LogP contribution is -2.38. The van der Waals surface area contributed by atoms with Gasteiger partial charge in [0, 0.05) is 18.2 Å². The topological polar surface area (TPSA) is 71.2 Å². The first-order valence-electron chi connectivity index (χ1n) is 8.96. The third-order valence-corrected chi connectivity index (χ3v) is 4.59. The van der Waals surface area contributed by atoms with Gasteiger partial charge in [0.05, 0.1) is 30.4 Å². The van der Waals surface area contributed by atoms with Crippen LogP contribution in [-0.2, 0) is 19.7 Å². The summed E-state index contributed by atoms with van der Waals surface area (Å²) < 4.78 is 34.2. The lowest BCUT2D eigenvalue weighted by atomic mass is 10.1. The van der Waals surface area contributed by atoms with Gasteiger partial charge in [-0.3, -0.25) is 9.48 Å². The van der Waals surface area contributed by atoms with Gasteiger partial charge >= 0.3 is 0 Å². The molecular weight excluding hydrogens is 378 g/mol. The molecule has 1 aliphatic heterocycles. The van der Waals surface area contributed by atoms with Crippen LogP contribution < -0.4 is 4.74 Å². The maximum atomic E-state index is 13.7. The Morgan fingerprint density at radius 1 is 1.14 bits per heavy atom. The number of rotatable bonds is 4. The summed E-state index contributed by atoms with van der Waals surface area (Å²) in [5, 5.41) is 13.4. The van der Waals surface area contributed by atoms with Gasteiger partial charge in [0.2, 0.25) is 0 Å². The highest BCUT2D eigenvalue weighted by Crippen LogP contribution is 2.19. The molecule has 0 spiro atoms. The van der Waals surface area contributed by atoms with E-state index >= 15 is 0 Å². The highest BCUT2D eigenvalue weighted by atomic mass is 19.1. The number of aromatic nitrogens is 2. The van der Waals surface area contributed by atoms with Gasteiger partial charge in [-0.15, -0.1) is 0 Å². The number of hydrogen-bond donors (Lipinski definition) is 0. The summed E-state index contributed by atoms with van der Waals surface area (Å²) in [4.78, 5) is 14.3. The summed E-state index contributed by atoms with van der Waals surface area (Å²) >= 11 is 0. The van der Waals surface area contributed by atoms with Gasteiger partial charge in [0.25, 0.3) is 5.91 Å². The highest BCUT2D eigenvalue weighted by molar-refractivity contribution is 5.94. The van der Waals surface area contributed by atoms with Crippen molar-refractivity contribution in [1.82, 2.24) is 14.7 Å². The molecule has 1 aromatic heterocycles. The van der Waals surface area contributed by atoms with Crippen LogP contribution in [0.3, 0.4) is 0 Å². The van der Waals surface area contributed by atoms with Crippen LogP contribution in [-0.4, -0.2) is 27.1 Å². The molecule has 0 aliphatic carbocycles. The molecule has 0 saturated heterocycles. The van der Waals surface area contributed by atoms with Crippen LogP contribution in [0.4, 0.5) is 8.78 Å². The number of fused-ring (bicyclic) bond motifs is 1. The van der Waals surface area contributed by atoms with Crippen molar-refractivity contribution >= 4 is 5.91 Å². The molecule has 2 heterocycles. The van der Waals surface area contributed by atoms with Crippen molar-refractivity contribution in [3.05, 3.63) is 82.7 Å². The van der Waals surface area contributed by atoms with E-state index in [1.54, 1.807) is 21.7 Å². The van der Waals surface area contributed by atoms with Crippen molar-refractivity contribution in [1.29, 1.82) is 5.26 Å². The summed E-state index contributed by atoms with van der Waals surface area (Å²) in [5.74, 6) is -0.929. The Hall–Kier alpha value is -3.73. The molecule has 0 radical (unpaired) electrons. The first-order chi connectivity index (χ1) is 14.0. The summed E-state index contributed by atoms with van der Waals surface area (Å²) in [7, 11) is 0. The Kier molecular flexibility index (Phi) is 4.96. The zero-order valence-electron chi connectivity index (χ0n) is 15.3. The molecule has 6 nitrogen and oxygen atoms in total. The molecule has 0 atom stereocenters. The van der Waals surface area contributed by atoms with Gasteiger partial charge in [-0.2, -0.15) is 10.4 Å². The zero-order chi connectivity index (χ0) is 20.4. The number of halogens is 2. The number of benzene rings is 2. The minimum absolute atomic E-state index is 0.104. The first-order valence-corrected chi connectivity index (χ1v) is 8.96. The standard InChI is InChI=1S/C21H16F2N4O2/c22-16-2-1-3-20(9-16)29-13-18-10-19-12-26(4-5-27(19)25-18)21(28)15-6-14(11-24)7-17(23)8-15/h1-3,6-10H,4-5,12-13H2. The quantitative estimate of drug-likeness (QED) is 0.681. The average molecular weight is 394 g/mol. The van der Waals surface area contributed by atoms with Crippen molar-refractivity contribution < 1.29 is 18.3 Å². The largest absolute Gasteiger partial charge is 0.487 e. The number of carbonyl (C=O) groups excluding carboxylic acids is 1. The minimum atomic E-state index is -0.619. The van der Waals surface area contributed by atoms with E-state index in [1.165, 1.54) is 18.2 Å². The third-order valence-electron chi connectivity index (χ3n) is 4.59. The number of amides is 1. The fourth-order valence-electron chi connectivity index (χ4n) is 3.24. The van der Waals surface area contributed by atoms with Gasteiger partial charge in [0.1, 0.15) is 29.7 Å². The predicted molar refractivity (Wildman–Crippen MR) is 98.8 cm³/mol. The van der Waals surface area contributed by atoms with Crippen LogP contribution in [0.15, 0.2) is 48.5 Å². The number of nitriles is 1. The molecule has 146 valence electrons. The van der Waals surface area contributed by atoms with Crippen molar-refractivity contribution in [2.24, 2.45) is 0 Å². The summed E-state index contributed by atoms with van der Waals surface area (Å²) in [6, 6.07) is 13.1. The number of nitrogens with zero attached hydrogens (tertiary/aromatic N) is 4. The molecule has 8 heteroatoms. The average Bonchev–Trinajstić information content (AvgIpc) is 3.13. The Labute approximate surface area is 165 Å². The first kappa shape index (κ1) is 18.6. The SMILES string of the molecule is N#Cc1cc(F)cc(C(=O)N2CCn3nc(COc4cccc(F)c4)cc3C2)c1. The molecule has 1 aliphatic rings. The van der Waals surface area contributed by atoms with Crippen molar-refractivity contribution in [2.75, 3.05) is 6.54 Å². The van der Waals surface area contributed by atoms with E-state index in [9.17, 15) is 13.6 Å². The fraction of sp³-hybridized carbons (Fsp3) is 0.190. The van der Waals surface area contributed by atoms with Gasteiger partial charge in [-0.25, -0.2) is 8.78 Å². The second kappa shape index (κ2) is 7.72. The van der Waals surface area contributed by atoms with Crippen LogP contribution in [0, 0.1) is 23.0 Å². The Morgan fingerprint density at radius 3 is 2.79 bits per heavy atom. The zero-order valence-corrected chi connectivity index (χ0v) is 15.3. The fourth-order valence-corrected chi connectivity index (χ4v) is 3.24. The molecule has 0 saturated carbocycles. The minimum Gasteiger partial charge on any atom is -0.487 e. The maximum absolute atomic E-state index is 13.7. The summed E-state index contributed by atoms with van der Waals surface area (Å²) in [6.07, 6.45) is 0. The van der Waals surface area contributed by atoms with Crippen LogP contribution in [0.2, 0.25) is 0 Å². The Morgan fingerprint density at radius 2 is 2.00 bits per heavy atom. The van der Waals surface area contributed by atoms with E-state index in [2.05, 4.69) is 5.10 Å². The number of ether oxygens (including phenoxy) is 1. The van der Waals surface area contributed by atoms with Gasteiger partial charge in [-0.05, 0) is 36.4 Å². The summed E-state index contributed by atoms with van der Waals surface area (Å²) in [6.45, 7) is 1.38. The van der Waals surface area contributed by atoms with Crippen LogP contribution in [0.5, 0.6) is 5.75 Å². The second-order valence-electron chi connectivity index (χ2n) is 6.66. The molecule has 0 N–H and O–H groups in total. The normalized spacial score (nSPS) is 12.9. The lowest BCUT2D eigenvalue weighted by molar-refractivity contribution is 0.0705. The van der Waals surface area contributed by atoms with E-state index < -0.39 is 5.82 Å². The molecule has 0 unspecified atom stereocenters. The smallest absolute Gasteiger partial charge is 0.254 e. The molecule has 3 aromatic rings. The molecule has 0 fully saturated rings. The van der Waals surface area contributed by atoms with Gasteiger partial charge < -0.3 is 9.64 Å². The van der Waals surface area contributed by atoms with Crippen molar-refractivity contribution in [2.45, 2.75) is 19.7 Å². The third kappa shape index (κ3) is 4.09. The highest BCUT2D eigenvalue weighted by Gasteiger charge is 2.24. The number of carbonyl (C=O) groups is 1. The summed E-state index contributed by atoms with van der Waals surface area (Å²) in [5.41, 5.74) is 1.73. The van der Waals surface area contributed by atoms with E-state index in [4.69, 9.17) is 10.00 Å². The predicted octanol–water partition coefficient (Wildman–Crippen LogP) is 3.27. The van der Waals surface area contributed by atoms with E-state index in [-0.39, 0.29) is 29.5 Å². The Bertz CT molecular complexity index is 1120. The second-order valence-corrected chi connectivity index (χ2v) is 6.66. The van der Waals surface area contributed by atoms with Crippen LogP contribution in [0.25, 0.3) is 0 Å². The van der Waals surface area contributed by atoms with Crippen molar-refractivity contribution in [3.8, 4) is 11.8 Å². The lowest BCUT2D eigenvalue weighted by Gasteiger charge is -2.27.